The van der Waals surface area contributed by atoms with Gasteiger partial charge in [0.25, 0.3) is 11.8 Å². The van der Waals surface area contributed by atoms with E-state index < -0.39 is 69.8 Å². The molecule has 1 saturated heterocycles. The number of aliphatic imine (C=N–C) groups is 1. The van der Waals surface area contributed by atoms with Crippen molar-refractivity contribution >= 4 is 40.7 Å². The topological polar surface area (TPSA) is 92.7 Å². The zero-order valence-corrected chi connectivity index (χ0v) is 19.2. The third-order valence-corrected chi connectivity index (χ3v) is 6.61. The van der Waals surface area contributed by atoms with Gasteiger partial charge in [-0.15, -0.1) is 0 Å². The van der Waals surface area contributed by atoms with Gasteiger partial charge in [-0.2, -0.15) is 26.3 Å². The van der Waals surface area contributed by atoms with E-state index in [4.69, 9.17) is 28.0 Å². The van der Waals surface area contributed by atoms with Gasteiger partial charge in [-0.05, 0) is 29.8 Å². The molecule has 192 valence electrons. The van der Waals surface area contributed by atoms with Crippen LogP contribution in [0.5, 0.6) is 0 Å². The van der Waals surface area contributed by atoms with Gasteiger partial charge in [0.05, 0.1) is 22.2 Å². The summed E-state index contributed by atoms with van der Waals surface area (Å²) in [5.74, 6) is -1.28. The highest BCUT2D eigenvalue weighted by molar-refractivity contribution is 6.42. The first-order valence-electron chi connectivity index (χ1n) is 10.1. The molecule has 15 heteroatoms. The molecule has 1 aromatic carbocycles. The van der Waals surface area contributed by atoms with Gasteiger partial charge in [-0.25, -0.2) is 5.48 Å². The second-order valence-corrected chi connectivity index (χ2v) is 8.86. The maximum atomic E-state index is 14.3. The summed E-state index contributed by atoms with van der Waals surface area (Å²) in [5, 5.41) is 0.815. The maximum Gasteiger partial charge on any atom is 0.417 e. The van der Waals surface area contributed by atoms with Gasteiger partial charge in [-0.1, -0.05) is 23.2 Å². The summed E-state index contributed by atoms with van der Waals surface area (Å²) >= 11 is 11.4. The van der Waals surface area contributed by atoms with Crippen LogP contribution in [-0.4, -0.2) is 47.9 Å². The van der Waals surface area contributed by atoms with Gasteiger partial charge in [0.15, 0.2) is 0 Å². The van der Waals surface area contributed by atoms with Crippen LogP contribution in [0.1, 0.15) is 33.6 Å². The number of halogens is 8. The molecule has 0 spiro atoms. The highest BCUT2D eigenvalue weighted by Crippen LogP contribution is 2.50. The summed E-state index contributed by atoms with van der Waals surface area (Å²) in [4.78, 5) is 36.3. The van der Waals surface area contributed by atoms with E-state index in [0.717, 1.165) is 12.3 Å². The number of nitrogens with one attached hydrogen (secondary N) is 2. The standard InChI is InChI=1S/C21H14Cl2F6N4O3/c22-12-4-10(3-11(16(12)23)20(24,25)26)19(21(27,28)29)5-14(31-8-19)9-1-2-13(30-6-9)17(34)32-15-7-36-33-18(15)35/h1-4,6,15H,5,7-8H2,(H,32,34)(H,33,35). The van der Waals surface area contributed by atoms with E-state index in [1.165, 1.54) is 12.1 Å². The lowest BCUT2D eigenvalue weighted by Gasteiger charge is -2.32. The number of carbonyl (C=O) groups is 2. The van der Waals surface area contributed by atoms with Crippen molar-refractivity contribution < 1.29 is 40.8 Å². The fraction of sp³-hybridized carbons (Fsp3) is 0.333. The zero-order valence-electron chi connectivity index (χ0n) is 17.7. The van der Waals surface area contributed by atoms with E-state index >= 15 is 0 Å². The summed E-state index contributed by atoms with van der Waals surface area (Å²) in [6.07, 6.45) is -9.70. The van der Waals surface area contributed by atoms with Crippen LogP contribution in [0.15, 0.2) is 35.5 Å². The number of hydroxylamine groups is 1. The number of hydrogen-bond donors (Lipinski definition) is 2. The summed E-state index contributed by atoms with van der Waals surface area (Å²) in [6.45, 7) is -0.982. The van der Waals surface area contributed by atoms with Crippen molar-refractivity contribution in [3.05, 3.63) is 62.9 Å². The SMILES string of the molecule is O=C(NC1CONC1=O)c1ccc(C2=NCC(c3cc(Cl)c(Cl)c(C(F)(F)F)c3)(C(F)(F)F)C2)cn1. The van der Waals surface area contributed by atoms with Gasteiger partial charge in [0, 0.05) is 23.9 Å². The Bertz CT molecular complexity index is 1250. The lowest BCUT2D eigenvalue weighted by molar-refractivity contribution is -0.184. The number of carbonyl (C=O) groups excluding carboxylic acids is 2. The van der Waals surface area contributed by atoms with E-state index in [2.05, 4.69) is 20.8 Å². The number of nitrogens with zero attached hydrogens (tertiary/aromatic N) is 2. The first kappa shape index (κ1) is 26.2. The molecule has 7 nitrogen and oxygen atoms in total. The van der Waals surface area contributed by atoms with E-state index in [1.807, 2.05) is 0 Å². The Hall–Kier alpha value is -2.90. The number of benzene rings is 1. The van der Waals surface area contributed by atoms with E-state index in [-0.39, 0.29) is 23.6 Å². The van der Waals surface area contributed by atoms with Crippen LogP contribution >= 0.6 is 23.2 Å². The van der Waals surface area contributed by atoms with Crippen molar-refractivity contribution in [3.63, 3.8) is 0 Å². The zero-order chi connectivity index (χ0) is 26.5. The van der Waals surface area contributed by atoms with Crippen LogP contribution in [0.3, 0.4) is 0 Å². The quantitative estimate of drug-likeness (QED) is 0.552. The van der Waals surface area contributed by atoms with Crippen LogP contribution in [0.2, 0.25) is 10.0 Å². The Morgan fingerprint density at radius 3 is 2.44 bits per heavy atom. The molecule has 2 N–H and O–H groups in total. The van der Waals surface area contributed by atoms with Gasteiger partial charge in [0.2, 0.25) is 0 Å². The Balaban J connectivity index is 1.61. The van der Waals surface area contributed by atoms with E-state index in [1.54, 1.807) is 0 Å². The molecule has 0 bridgehead atoms. The molecule has 2 aliphatic rings. The fourth-order valence-corrected chi connectivity index (χ4v) is 4.26. The molecule has 2 amide bonds. The van der Waals surface area contributed by atoms with Gasteiger partial charge in [0.1, 0.15) is 23.8 Å². The Morgan fingerprint density at radius 2 is 1.89 bits per heavy atom. The van der Waals surface area contributed by atoms with Gasteiger partial charge >= 0.3 is 12.4 Å². The molecule has 2 aliphatic heterocycles. The molecule has 2 aromatic rings. The Labute approximate surface area is 208 Å². The minimum atomic E-state index is -5.03. The monoisotopic (exact) mass is 554 g/mol. The third kappa shape index (κ3) is 4.74. The minimum absolute atomic E-state index is 0.0741. The summed E-state index contributed by atoms with van der Waals surface area (Å²) in [7, 11) is 0. The third-order valence-electron chi connectivity index (χ3n) is 5.81. The smallest absolute Gasteiger partial charge is 0.337 e. The molecule has 0 saturated carbocycles. The number of hydrogen-bond acceptors (Lipinski definition) is 5. The largest absolute Gasteiger partial charge is 0.417 e. The Kier molecular flexibility index (Phi) is 6.69. The van der Waals surface area contributed by atoms with E-state index in [0.29, 0.717) is 6.07 Å². The Morgan fingerprint density at radius 1 is 1.17 bits per heavy atom. The van der Waals surface area contributed by atoms with Crippen molar-refractivity contribution in [2.45, 2.75) is 30.2 Å². The van der Waals surface area contributed by atoms with Crippen LogP contribution < -0.4 is 10.8 Å². The number of amides is 2. The molecular weight excluding hydrogens is 541 g/mol. The normalized spacial score (nSPS) is 22.4. The maximum absolute atomic E-state index is 14.3. The summed E-state index contributed by atoms with van der Waals surface area (Å²) < 4.78 is 83.1. The first-order chi connectivity index (χ1) is 16.7. The predicted octanol–water partition coefficient (Wildman–Crippen LogP) is 4.26. The molecule has 0 aliphatic carbocycles. The lowest BCUT2D eigenvalue weighted by Crippen LogP contribution is -2.44. The van der Waals surface area contributed by atoms with Crippen molar-refractivity contribution in [1.82, 2.24) is 15.8 Å². The summed E-state index contributed by atoms with van der Waals surface area (Å²) in [6, 6.07) is 2.69. The molecule has 0 radical (unpaired) electrons. The molecule has 1 aromatic heterocycles. The molecular formula is C21H14Cl2F6N4O3. The molecule has 2 unspecified atom stereocenters. The van der Waals surface area contributed by atoms with Crippen molar-refractivity contribution in [1.29, 1.82) is 0 Å². The second-order valence-electron chi connectivity index (χ2n) is 8.07. The number of rotatable bonds is 4. The minimum Gasteiger partial charge on any atom is -0.337 e. The lowest BCUT2D eigenvalue weighted by atomic mass is 9.76. The van der Waals surface area contributed by atoms with Gasteiger partial charge < -0.3 is 5.32 Å². The van der Waals surface area contributed by atoms with Crippen molar-refractivity contribution in [2.24, 2.45) is 4.99 Å². The molecule has 2 atom stereocenters. The average Bonchev–Trinajstić information content (AvgIpc) is 3.42. The second kappa shape index (κ2) is 9.20. The fourth-order valence-electron chi connectivity index (χ4n) is 3.82. The highest BCUT2D eigenvalue weighted by Gasteiger charge is 2.59. The number of pyridine rings is 1. The summed E-state index contributed by atoms with van der Waals surface area (Å²) in [5.41, 5.74) is -3.00. The number of aromatic nitrogens is 1. The predicted molar refractivity (Wildman–Crippen MR) is 115 cm³/mol. The van der Waals surface area contributed by atoms with Crippen LogP contribution in [0, 0.1) is 0 Å². The highest BCUT2D eigenvalue weighted by atomic mass is 35.5. The van der Waals surface area contributed by atoms with Crippen LogP contribution in [0.25, 0.3) is 0 Å². The number of alkyl halides is 6. The first-order valence-corrected chi connectivity index (χ1v) is 10.8. The molecule has 3 heterocycles. The average molecular weight is 555 g/mol. The van der Waals surface area contributed by atoms with Crippen LogP contribution in [-0.2, 0) is 21.2 Å². The molecule has 36 heavy (non-hydrogen) atoms. The molecule has 4 rings (SSSR count). The molecule has 1 fully saturated rings. The van der Waals surface area contributed by atoms with Gasteiger partial charge in [-0.3, -0.25) is 24.4 Å². The van der Waals surface area contributed by atoms with Crippen molar-refractivity contribution in [3.8, 4) is 0 Å². The van der Waals surface area contributed by atoms with E-state index in [9.17, 15) is 35.9 Å². The van der Waals surface area contributed by atoms with Crippen LogP contribution in [0.4, 0.5) is 26.3 Å². The van der Waals surface area contributed by atoms with Crippen molar-refractivity contribution in [2.75, 3.05) is 13.2 Å².